The van der Waals surface area contributed by atoms with Gasteiger partial charge >= 0.3 is 0 Å². The van der Waals surface area contributed by atoms with E-state index in [2.05, 4.69) is 65.7 Å². The van der Waals surface area contributed by atoms with E-state index in [0.717, 1.165) is 74.3 Å². The van der Waals surface area contributed by atoms with Crippen molar-refractivity contribution in [1.29, 1.82) is 0 Å². The number of aryl methyl sites for hydroxylation is 1. The molecule has 2 aliphatic carbocycles. The molecule has 0 bridgehead atoms. The fraction of sp³-hybridized carbons (Fsp3) is 0.526. The van der Waals surface area contributed by atoms with Crippen LogP contribution in [0.4, 0.5) is 0 Å². The number of nitrogens with zero attached hydrogens (tertiary/aromatic N) is 1. The molecule has 1 unspecified atom stereocenters. The van der Waals surface area contributed by atoms with Crippen molar-refractivity contribution in [2.45, 2.75) is 77.6 Å². The number of benzene rings is 1. The molecular formula is C38H50N2O3. The van der Waals surface area contributed by atoms with Gasteiger partial charge < -0.3 is 24.1 Å². The smallest absolute Gasteiger partial charge is 0.161 e. The van der Waals surface area contributed by atoms with E-state index in [1.165, 1.54) is 78.6 Å². The fourth-order valence-electron chi connectivity index (χ4n) is 7.34. The largest absolute Gasteiger partial charge is 0.493 e. The Hall–Kier alpha value is -3.02. The molecule has 4 aliphatic rings. The Morgan fingerprint density at radius 3 is 2.63 bits per heavy atom. The van der Waals surface area contributed by atoms with Crippen LogP contribution >= 0.6 is 0 Å². The van der Waals surface area contributed by atoms with Crippen molar-refractivity contribution in [3.8, 4) is 11.5 Å². The lowest BCUT2D eigenvalue weighted by Crippen LogP contribution is -2.27. The molecule has 6 rings (SSSR count). The van der Waals surface area contributed by atoms with Gasteiger partial charge in [-0.2, -0.15) is 0 Å². The molecule has 2 aliphatic heterocycles. The predicted octanol–water partition coefficient (Wildman–Crippen LogP) is 8.47. The molecule has 1 aromatic carbocycles. The minimum atomic E-state index is 0.341. The number of ether oxygens (including phenoxy) is 2. The third kappa shape index (κ3) is 7.21. The third-order valence-corrected chi connectivity index (χ3v) is 9.81. The molecular weight excluding hydrogens is 532 g/mol. The lowest BCUT2D eigenvalue weighted by Gasteiger charge is -2.27. The summed E-state index contributed by atoms with van der Waals surface area (Å²) in [6, 6.07) is 8.74. The first-order valence-electron chi connectivity index (χ1n) is 16.7. The number of fused-ring (bicyclic) bond motifs is 2. The van der Waals surface area contributed by atoms with Crippen molar-refractivity contribution in [3.63, 3.8) is 0 Å². The highest BCUT2D eigenvalue weighted by Gasteiger charge is 2.26. The Morgan fingerprint density at radius 2 is 1.86 bits per heavy atom. The Balaban J connectivity index is 1.34. The Kier molecular flexibility index (Phi) is 9.90. The van der Waals surface area contributed by atoms with Gasteiger partial charge in [-0.15, -0.1) is 0 Å². The molecule has 2 aromatic rings. The van der Waals surface area contributed by atoms with Gasteiger partial charge in [0.25, 0.3) is 0 Å². The number of likely N-dealkylation sites (tertiary alicyclic amines) is 1. The molecule has 3 heterocycles. The second-order valence-corrected chi connectivity index (χ2v) is 12.9. The van der Waals surface area contributed by atoms with E-state index < -0.39 is 0 Å². The van der Waals surface area contributed by atoms with Gasteiger partial charge in [0.2, 0.25) is 0 Å². The predicted molar refractivity (Wildman–Crippen MR) is 177 cm³/mol. The van der Waals surface area contributed by atoms with E-state index in [1.54, 1.807) is 7.11 Å². The van der Waals surface area contributed by atoms with Gasteiger partial charge in [-0.05, 0) is 149 Å². The van der Waals surface area contributed by atoms with Crippen molar-refractivity contribution >= 4 is 11.1 Å². The van der Waals surface area contributed by atoms with Gasteiger partial charge in [-0.3, -0.25) is 0 Å². The van der Waals surface area contributed by atoms with Crippen molar-refractivity contribution in [1.82, 2.24) is 10.2 Å². The van der Waals surface area contributed by atoms with Crippen LogP contribution in [0.2, 0.25) is 0 Å². The summed E-state index contributed by atoms with van der Waals surface area (Å²) in [4.78, 5) is 2.55. The van der Waals surface area contributed by atoms with Crippen LogP contribution in [0.15, 0.2) is 64.1 Å². The molecule has 0 saturated carbocycles. The number of methoxy groups -OCH3 is 1. The summed E-state index contributed by atoms with van der Waals surface area (Å²) >= 11 is 0. The summed E-state index contributed by atoms with van der Waals surface area (Å²) in [6.07, 6.45) is 20.0. The standard InChI is InChI=1S/C38H50N2O3/c1-27-10-13-33(36-15-11-28(2)43-36)32-14-12-29(24-30-16-18-39-19-17-30)8-6-9-31(32)35-26-37(41-3)38(25-34(27)35)42-23-7-22-40-20-4-5-21-40/h8,11-15,25-27,30,39H,4-7,9-10,16-24H2,1-3H3/b14-12?,29-8-,32-31?,33-13-. The number of allylic oxidation sites excluding steroid dienone is 8. The molecule has 230 valence electrons. The van der Waals surface area contributed by atoms with Gasteiger partial charge in [0.15, 0.2) is 11.5 Å². The molecule has 43 heavy (non-hydrogen) atoms. The molecule has 5 nitrogen and oxygen atoms in total. The van der Waals surface area contributed by atoms with Crippen LogP contribution in [0.1, 0.15) is 93.3 Å². The molecule has 1 atom stereocenters. The second-order valence-electron chi connectivity index (χ2n) is 12.9. The number of furan rings is 1. The average Bonchev–Trinajstić information content (AvgIpc) is 3.69. The first-order chi connectivity index (χ1) is 21.1. The summed E-state index contributed by atoms with van der Waals surface area (Å²) in [5.41, 5.74) is 7.97. The van der Waals surface area contributed by atoms with Crippen LogP contribution in [0.25, 0.3) is 11.1 Å². The van der Waals surface area contributed by atoms with Gasteiger partial charge in [-0.25, -0.2) is 0 Å². The van der Waals surface area contributed by atoms with Crippen LogP contribution in [0.5, 0.6) is 11.5 Å². The van der Waals surface area contributed by atoms with Crippen LogP contribution in [-0.2, 0) is 0 Å². The van der Waals surface area contributed by atoms with E-state index in [1.807, 2.05) is 6.92 Å². The third-order valence-electron chi connectivity index (χ3n) is 9.81. The van der Waals surface area contributed by atoms with Crippen molar-refractivity contribution < 1.29 is 13.9 Å². The Bertz CT molecular complexity index is 1380. The van der Waals surface area contributed by atoms with E-state index in [-0.39, 0.29) is 0 Å². The normalized spacial score (nSPS) is 24.1. The highest BCUT2D eigenvalue weighted by molar-refractivity contribution is 5.93. The van der Waals surface area contributed by atoms with Crippen molar-refractivity contribution in [2.75, 3.05) is 46.4 Å². The van der Waals surface area contributed by atoms with Gasteiger partial charge in [-0.1, -0.05) is 36.8 Å². The van der Waals surface area contributed by atoms with E-state index in [9.17, 15) is 0 Å². The zero-order valence-corrected chi connectivity index (χ0v) is 26.6. The summed E-state index contributed by atoms with van der Waals surface area (Å²) in [5, 5.41) is 3.52. The Labute approximate surface area is 258 Å². The highest BCUT2D eigenvalue weighted by Crippen LogP contribution is 2.45. The molecule has 2 saturated heterocycles. The molecule has 1 aromatic heterocycles. The Morgan fingerprint density at radius 1 is 1.02 bits per heavy atom. The number of hydrogen-bond acceptors (Lipinski definition) is 5. The summed E-state index contributed by atoms with van der Waals surface area (Å²) in [6.45, 7) is 10.9. The summed E-state index contributed by atoms with van der Waals surface area (Å²) in [5.74, 6) is 4.71. The maximum Gasteiger partial charge on any atom is 0.161 e. The van der Waals surface area contributed by atoms with Gasteiger partial charge in [0.1, 0.15) is 11.5 Å². The van der Waals surface area contributed by atoms with Gasteiger partial charge in [0, 0.05) is 12.1 Å². The lowest BCUT2D eigenvalue weighted by molar-refractivity contribution is 0.254. The minimum Gasteiger partial charge on any atom is -0.493 e. The second kappa shape index (κ2) is 14.2. The molecule has 0 spiro atoms. The van der Waals surface area contributed by atoms with Crippen molar-refractivity contribution in [2.24, 2.45) is 5.92 Å². The molecule has 0 radical (unpaired) electrons. The zero-order valence-electron chi connectivity index (χ0n) is 26.6. The first kappa shape index (κ1) is 30.0. The SMILES string of the molecule is COc1cc2c(cc1OCCCN1CCCC1)C(C)C/C=C(\c1ccc(C)o1)C1=C2CC/C=C(\CC2CCNCC2)C=C1. The zero-order chi connectivity index (χ0) is 29.6. The summed E-state index contributed by atoms with van der Waals surface area (Å²) < 4.78 is 18.6. The van der Waals surface area contributed by atoms with E-state index in [0.29, 0.717) is 12.5 Å². The van der Waals surface area contributed by atoms with Crippen LogP contribution < -0.4 is 14.8 Å². The maximum absolute atomic E-state index is 6.41. The van der Waals surface area contributed by atoms with Crippen molar-refractivity contribution in [3.05, 3.63) is 82.4 Å². The molecule has 5 heteroatoms. The topological polar surface area (TPSA) is 46.9 Å². The number of nitrogens with one attached hydrogen (secondary N) is 1. The number of rotatable bonds is 9. The van der Waals surface area contributed by atoms with E-state index >= 15 is 0 Å². The average molecular weight is 583 g/mol. The monoisotopic (exact) mass is 582 g/mol. The van der Waals surface area contributed by atoms with Crippen LogP contribution in [0, 0.1) is 12.8 Å². The van der Waals surface area contributed by atoms with Crippen LogP contribution in [0.3, 0.4) is 0 Å². The number of hydrogen-bond donors (Lipinski definition) is 1. The summed E-state index contributed by atoms with van der Waals surface area (Å²) in [7, 11) is 1.77. The van der Waals surface area contributed by atoms with E-state index in [4.69, 9.17) is 13.9 Å². The van der Waals surface area contributed by atoms with Crippen LogP contribution in [-0.4, -0.2) is 51.3 Å². The quantitative estimate of drug-likeness (QED) is 0.301. The molecule has 2 fully saturated rings. The maximum atomic E-state index is 6.41. The van der Waals surface area contributed by atoms with Gasteiger partial charge in [0.05, 0.1) is 13.7 Å². The fourth-order valence-corrected chi connectivity index (χ4v) is 7.34. The minimum absolute atomic E-state index is 0.341. The molecule has 1 N–H and O–H groups in total. The highest BCUT2D eigenvalue weighted by atomic mass is 16.5. The first-order valence-corrected chi connectivity index (χ1v) is 16.7. The lowest BCUT2D eigenvalue weighted by atomic mass is 9.79. The number of piperidine rings is 1. The molecule has 0 amide bonds.